The molecule has 0 fully saturated rings. The first kappa shape index (κ1) is 17.0. The maximum absolute atomic E-state index is 12.1. The molecule has 0 radical (unpaired) electrons. The van der Waals surface area contributed by atoms with E-state index in [0.717, 1.165) is 0 Å². The quantitative estimate of drug-likeness (QED) is 0.426. The van der Waals surface area contributed by atoms with E-state index >= 15 is 0 Å². The van der Waals surface area contributed by atoms with E-state index in [1.165, 1.54) is 6.07 Å². The Balaban J connectivity index is 1.69. The summed E-state index contributed by atoms with van der Waals surface area (Å²) in [7, 11) is 0. The van der Waals surface area contributed by atoms with E-state index in [2.05, 4.69) is 0 Å². The molecule has 3 aromatic rings. The molecule has 3 aromatic carbocycles. The fraction of sp³-hybridized carbons (Fsp3) is 0. The van der Waals surface area contributed by atoms with Crippen LogP contribution in [0.4, 0.5) is 11.4 Å². The van der Waals surface area contributed by atoms with Gasteiger partial charge in [-0.1, -0.05) is 6.07 Å². The number of ether oxygens (including phenoxy) is 2. The maximum atomic E-state index is 12.1. The molecule has 0 amide bonds. The van der Waals surface area contributed by atoms with Crippen LogP contribution in [0.3, 0.4) is 0 Å². The highest BCUT2D eigenvalue weighted by Crippen LogP contribution is 2.22. The second-order valence-corrected chi connectivity index (χ2v) is 5.50. The number of rotatable bonds is 4. The Labute approximate surface area is 150 Å². The number of hydrogen-bond donors (Lipinski definition) is 2. The monoisotopic (exact) mass is 348 g/mol. The van der Waals surface area contributed by atoms with Crippen molar-refractivity contribution in [3.8, 4) is 11.5 Å². The van der Waals surface area contributed by atoms with Crippen molar-refractivity contribution in [3.05, 3.63) is 83.9 Å². The first-order chi connectivity index (χ1) is 12.5. The maximum Gasteiger partial charge on any atom is 0.343 e. The predicted octanol–water partition coefficient (Wildman–Crippen LogP) is 3.29. The van der Waals surface area contributed by atoms with Crippen molar-refractivity contribution in [2.24, 2.45) is 0 Å². The summed E-state index contributed by atoms with van der Waals surface area (Å²) in [5.41, 5.74) is 13.0. The molecule has 26 heavy (non-hydrogen) atoms. The summed E-state index contributed by atoms with van der Waals surface area (Å²) in [6.45, 7) is 0. The molecule has 130 valence electrons. The first-order valence-corrected chi connectivity index (χ1v) is 7.77. The van der Waals surface area contributed by atoms with Crippen molar-refractivity contribution in [2.75, 3.05) is 11.5 Å². The number of esters is 2. The van der Waals surface area contributed by atoms with Gasteiger partial charge in [0, 0.05) is 17.4 Å². The second-order valence-electron chi connectivity index (χ2n) is 5.50. The molecule has 4 N–H and O–H groups in total. The lowest BCUT2D eigenvalue weighted by atomic mass is 10.2. The molecule has 0 spiro atoms. The van der Waals surface area contributed by atoms with E-state index in [1.807, 2.05) is 0 Å². The Hall–Kier alpha value is -3.80. The van der Waals surface area contributed by atoms with Gasteiger partial charge in [0.2, 0.25) is 0 Å². The van der Waals surface area contributed by atoms with Gasteiger partial charge in [0.05, 0.1) is 11.1 Å². The van der Waals surface area contributed by atoms with E-state index < -0.39 is 11.9 Å². The molecule has 0 bridgehead atoms. The van der Waals surface area contributed by atoms with E-state index in [1.54, 1.807) is 66.7 Å². The molecule has 0 atom stereocenters. The number of carbonyl (C=O) groups excluding carboxylic acids is 2. The van der Waals surface area contributed by atoms with Gasteiger partial charge in [0.15, 0.2) is 0 Å². The zero-order valence-corrected chi connectivity index (χ0v) is 13.7. The number of nitrogen functional groups attached to an aromatic ring is 2. The van der Waals surface area contributed by atoms with Gasteiger partial charge in [-0.3, -0.25) is 0 Å². The SMILES string of the molecule is Nc1ccc(C(=O)Oc2cccc(OC(=O)c3ccc(N)cc3)c2)cc1. The average Bonchev–Trinajstić information content (AvgIpc) is 2.63. The highest BCUT2D eigenvalue weighted by atomic mass is 16.5. The minimum absolute atomic E-state index is 0.259. The summed E-state index contributed by atoms with van der Waals surface area (Å²) >= 11 is 0. The van der Waals surface area contributed by atoms with Crippen molar-refractivity contribution < 1.29 is 19.1 Å². The summed E-state index contributed by atoms with van der Waals surface area (Å²) < 4.78 is 10.6. The second kappa shape index (κ2) is 7.40. The molecule has 6 heteroatoms. The molecule has 0 aliphatic rings. The highest BCUT2D eigenvalue weighted by Gasteiger charge is 2.11. The minimum Gasteiger partial charge on any atom is -0.423 e. The largest absolute Gasteiger partial charge is 0.423 e. The van der Waals surface area contributed by atoms with Crippen LogP contribution in [0.15, 0.2) is 72.8 Å². The van der Waals surface area contributed by atoms with Gasteiger partial charge in [-0.15, -0.1) is 0 Å². The van der Waals surface area contributed by atoms with Crippen molar-refractivity contribution >= 4 is 23.3 Å². The van der Waals surface area contributed by atoms with Crippen molar-refractivity contribution in [2.45, 2.75) is 0 Å². The third-order valence-electron chi connectivity index (χ3n) is 3.52. The standard InChI is InChI=1S/C20H16N2O4/c21-15-8-4-13(5-9-15)19(23)25-17-2-1-3-18(12-17)26-20(24)14-6-10-16(22)11-7-14/h1-12H,21-22H2. The molecule has 0 saturated carbocycles. The Morgan fingerprint density at radius 3 is 1.38 bits per heavy atom. The Kier molecular flexibility index (Phi) is 4.85. The molecule has 0 aliphatic heterocycles. The van der Waals surface area contributed by atoms with Gasteiger partial charge >= 0.3 is 11.9 Å². The van der Waals surface area contributed by atoms with Crippen LogP contribution >= 0.6 is 0 Å². The molecular formula is C20H16N2O4. The normalized spacial score (nSPS) is 10.2. The molecule has 0 saturated heterocycles. The Morgan fingerprint density at radius 1 is 0.615 bits per heavy atom. The lowest BCUT2D eigenvalue weighted by molar-refractivity contribution is 0.0733. The van der Waals surface area contributed by atoms with Crippen LogP contribution in [0, 0.1) is 0 Å². The van der Waals surface area contributed by atoms with Gasteiger partial charge in [0.1, 0.15) is 11.5 Å². The Bertz CT molecular complexity index is 860. The van der Waals surface area contributed by atoms with E-state index in [-0.39, 0.29) is 11.5 Å². The van der Waals surface area contributed by atoms with Crippen molar-refractivity contribution in [3.63, 3.8) is 0 Å². The van der Waals surface area contributed by atoms with Crippen LogP contribution in [-0.4, -0.2) is 11.9 Å². The van der Waals surface area contributed by atoms with Gasteiger partial charge < -0.3 is 20.9 Å². The van der Waals surface area contributed by atoms with Crippen LogP contribution in [0.25, 0.3) is 0 Å². The summed E-state index contributed by atoms with van der Waals surface area (Å²) in [5, 5.41) is 0. The summed E-state index contributed by atoms with van der Waals surface area (Å²) in [5.74, 6) is -0.553. The predicted molar refractivity (Wildman–Crippen MR) is 98.1 cm³/mol. The van der Waals surface area contributed by atoms with E-state index in [0.29, 0.717) is 22.5 Å². The lowest BCUT2D eigenvalue weighted by Crippen LogP contribution is -2.10. The third kappa shape index (κ3) is 4.18. The zero-order chi connectivity index (χ0) is 18.5. The molecule has 0 heterocycles. The lowest BCUT2D eigenvalue weighted by Gasteiger charge is -2.08. The number of nitrogens with two attached hydrogens (primary N) is 2. The molecule has 6 nitrogen and oxygen atoms in total. The van der Waals surface area contributed by atoms with Gasteiger partial charge in [-0.25, -0.2) is 9.59 Å². The summed E-state index contributed by atoms with van der Waals surface area (Å²) in [6.07, 6.45) is 0. The first-order valence-electron chi connectivity index (χ1n) is 7.77. The molecular weight excluding hydrogens is 332 g/mol. The molecule has 0 aliphatic carbocycles. The van der Waals surface area contributed by atoms with Crippen molar-refractivity contribution in [1.29, 1.82) is 0 Å². The van der Waals surface area contributed by atoms with E-state index in [9.17, 15) is 9.59 Å². The zero-order valence-electron chi connectivity index (χ0n) is 13.7. The van der Waals surface area contributed by atoms with Crippen LogP contribution in [0.2, 0.25) is 0 Å². The van der Waals surface area contributed by atoms with E-state index in [4.69, 9.17) is 20.9 Å². The third-order valence-corrected chi connectivity index (χ3v) is 3.52. The smallest absolute Gasteiger partial charge is 0.343 e. The minimum atomic E-state index is -0.535. The average molecular weight is 348 g/mol. The number of benzene rings is 3. The van der Waals surface area contributed by atoms with Crippen LogP contribution < -0.4 is 20.9 Å². The number of anilines is 2. The molecule has 0 unspecified atom stereocenters. The fourth-order valence-electron chi connectivity index (χ4n) is 2.17. The summed E-state index contributed by atoms with van der Waals surface area (Å²) in [4.78, 5) is 24.3. The topological polar surface area (TPSA) is 105 Å². The fourth-order valence-corrected chi connectivity index (χ4v) is 2.17. The van der Waals surface area contributed by atoms with Gasteiger partial charge in [0.25, 0.3) is 0 Å². The molecule has 3 rings (SSSR count). The summed E-state index contributed by atoms with van der Waals surface area (Å²) in [6, 6.07) is 19.0. The van der Waals surface area contributed by atoms with Crippen LogP contribution in [0.5, 0.6) is 11.5 Å². The number of hydrogen-bond acceptors (Lipinski definition) is 6. The van der Waals surface area contributed by atoms with Crippen LogP contribution in [0.1, 0.15) is 20.7 Å². The highest BCUT2D eigenvalue weighted by molar-refractivity contribution is 5.92. The molecule has 0 aromatic heterocycles. The van der Waals surface area contributed by atoms with Crippen molar-refractivity contribution in [1.82, 2.24) is 0 Å². The Morgan fingerprint density at radius 2 is 1.00 bits per heavy atom. The van der Waals surface area contributed by atoms with Gasteiger partial charge in [-0.05, 0) is 60.7 Å². The van der Waals surface area contributed by atoms with Gasteiger partial charge in [-0.2, -0.15) is 0 Å². The number of carbonyl (C=O) groups is 2. The van der Waals surface area contributed by atoms with Crippen LogP contribution in [-0.2, 0) is 0 Å².